The first kappa shape index (κ1) is 48.1. The summed E-state index contributed by atoms with van der Waals surface area (Å²) in [4.78, 5) is 79.9. The van der Waals surface area contributed by atoms with Crippen LogP contribution < -0.4 is 32.5 Å². The second-order valence-electron chi connectivity index (χ2n) is 11.3. The van der Waals surface area contributed by atoms with Gasteiger partial charge in [-0.2, -0.15) is 13.6 Å². The van der Waals surface area contributed by atoms with Crippen LogP contribution in [0.2, 0.25) is 0 Å². The molecular formula is C28H40N9O18P3. The average Bonchev–Trinajstić information content (AvgIpc) is 3.56. The molecule has 27 nitrogen and oxygen atoms in total. The number of phosphoric acid groups is 3. The Labute approximate surface area is 328 Å². The standard InChI is InChI=1S/C28H40N9O18P3/c1-48-21-13-25(53-22(21)15-52-57(44,45)55-58(46,47)54-56(41,42)43)37-14-19(26(30)34-28(37)40)5-3-8-32-23(38)16-49-10-11-50-24(35-36-31)17-51-20-6-2-4-18(12-20)27(39)33-9-7-29/h2,4,6,12,14,21-22,24-25H,7-11,13,15-17,29H2,1H3,(H,32,38)(H,33,39)(H,44,45)(H,46,47)(H2,30,34,40)(H2,41,42,43)/t21?,22-,24?,25?/m0/s1. The molecule has 2 heterocycles. The molecule has 2 aromatic rings. The van der Waals surface area contributed by atoms with Crippen molar-refractivity contribution in [2.75, 3.05) is 65.5 Å². The minimum atomic E-state index is -5.75. The maximum atomic E-state index is 12.7. The molecule has 0 spiro atoms. The topological polar surface area (TPSA) is 400 Å². The molecule has 1 aliphatic heterocycles. The molecule has 58 heavy (non-hydrogen) atoms. The summed E-state index contributed by atoms with van der Waals surface area (Å²) < 4.78 is 74.8. The number of nitrogens with zero attached hydrogens (tertiary/aromatic N) is 5. The zero-order valence-corrected chi connectivity index (χ0v) is 33.0. The molecule has 0 radical (unpaired) electrons. The minimum Gasteiger partial charge on any atom is -0.491 e. The van der Waals surface area contributed by atoms with Crippen LogP contribution in [-0.2, 0) is 50.6 Å². The average molecular weight is 884 g/mol. The highest BCUT2D eigenvalue weighted by Gasteiger charge is 2.43. The maximum Gasteiger partial charge on any atom is 0.490 e. The van der Waals surface area contributed by atoms with Gasteiger partial charge in [-0.3, -0.25) is 18.7 Å². The van der Waals surface area contributed by atoms with Gasteiger partial charge in [-0.1, -0.05) is 23.0 Å². The van der Waals surface area contributed by atoms with E-state index in [0.29, 0.717) is 17.9 Å². The molecule has 0 saturated carbocycles. The lowest BCUT2D eigenvalue weighted by Crippen LogP contribution is -2.29. The summed E-state index contributed by atoms with van der Waals surface area (Å²) in [5.41, 5.74) is 19.6. The number of phosphoric ester groups is 1. The third-order valence-corrected chi connectivity index (χ3v) is 10.9. The molecule has 3 rings (SSSR count). The van der Waals surface area contributed by atoms with Gasteiger partial charge < -0.3 is 65.4 Å². The molecule has 0 aliphatic carbocycles. The zero-order valence-electron chi connectivity index (χ0n) is 30.3. The van der Waals surface area contributed by atoms with Gasteiger partial charge in [-0.05, 0) is 23.7 Å². The predicted octanol–water partition coefficient (Wildman–Crippen LogP) is -0.624. The number of nitrogen functional groups attached to an aromatic ring is 1. The quantitative estimate of drug-likeness (QED) is 0.0172. The van der Waals surface area contributed by atoms with E-state index in [1.165, 1.54) is 19.4 Å². The fourth-order valence-electron chi connectivity index (χ4n) is 4.62. The number of aromatic nitrogens is 2. The number of rotatable bonds is 23. The largest absolute Gasteiger partial charge is 0.491 e. The monoisotopic (exact) mass is 883 g/mol. The van der Waals surface area contributed by atoms with Crippen LogP contribution in [0.4, 0.5) is 5.82 Å². The molecule has 1 fully saturated rings. The fraction of sp³-hybridized carbons (Fsp3) is 0.500. The number of methoxy groups -OCH3 is 1. The number of ether oxygens (including phenoxy) is 5. The Balaban J connectivity index is 1.45. The molecule has 1 aromatic carbocycles. The van der Waals surface area contributed by atoms with Crippen LogP contribution in [0, 0.1) is 11.8 Å². The molecule has 30 heteroatoms. The van der Waals surface area contributed by atoms with Gasteiger partial charge in [0, 0.05) is 43.3 Å². The van der Waals surface area contributed by atoms with Crippen LogP contribution in [0.15, 0.2) is 40.4 Å². The number of hydrogen-bond donors (Lipinski definition) is 8. The summed E-state index contributed by atoms with van der Waals surface area (Å²) in [7, 11) is -15.6. The second-order valence-corrected chi connectivity index (χ2v) is 15.7. The van der Waals surface area contributed by atoms with Crippen molar-refractivity contribution in [2.45, 2.75) is 31.1 Å². The first-order valence-electron chi connectivity index (χ1n) is 16.4. The van der Waals surface area contributed by atoms with E-state index in [-0.39, 0.29) is 63.2 Å². The van der Waals surface area contributed by atoms with Crippen molar-refractivity contribution in [1.29, 1.82) is 0 Å². The fourth-order valence-corrected chi connectivity index (χ4v) is 7.65. The van der Waals surface area contributed by atoms with Crippen molar-refractivity contribution in [3.05, 3.63) is 62.5 Å². The Kier molecular flexibility index (Phi) is 18.9. The highest BCUT2D eigenvalue weighted by Crippen LogP contribution is 2.66. The van der Waals surface area contributed by atoms with Gasteiger partial charge in [0.1, 0.15) is 37.1 Å². The summed E-state index contributed by atoms with van der Waals surface area (Å²) in [6.45, 7) is -1.14. The molecule has 1 aromatic heterocycles. The summed E-state index contributed by atoms with van der Waals surface area (Å²) in [5, 5.41) is 8.63. The van der Waals surface area contributed by atoms with Gasteiger partial charge in [0.05, 0.1) is 38.0 Å². The third-order valence-electron chi connectivity index (χ3n) is 7.06. The minimum absolute atomic E-state index is 0.0493. The van der Waals surface area contributed by atoms with Gasteiger partial charge >= 0.3 is 29.2 Å². The summed E-state index contributed by atoms with van der Waals surface area (Å²) in [5.74, 6) is 4.48. The van der Waals surface area contributed by atoms with Crippen LogP contribution in [0.25, 0.3) is 10.4 Å². The summed E-state index contributed by atoms with van der Waals surface area (Å²) in [6.07, 6.45) is -3.09. The molecule has 0 bridgehead atoms. The molecule has 2 amide bonds. The van der Waals surface area contributed by atoms with E-state index >= 15 is 0 Å². The smallest absolute Gasteiger partial charge is 0.490 e. The van der Waals surface area contributed by atoms with Gasteiger partial charge in [0.2, 0.25) is 5.91 Å². The van der Waals surface area contributed by atoms with Crippen LogP contribution in [0.3, 0.4) is 0 Å². The van der Waals surface area contributed by atoms with Gasteiger partial charge in [0.25, 0.3) is 5.91 Å². The Hall–Kier alpha value is -4.28. The third kappa shape index (κ3) is 16.9. The van der Waals surface area contributed by atoms with E-state index in [1.807, 2.05) is 0 Å². The highest BCUT2D eigenvalue weighted by molar-refractivity contribution is 7.66. The van der Waals surface area contributed by atoms with Crippen LogP contribution in [-0.4, -0.2) is 119 Å². The Bertz CT molecular complexity index is 2050. The molecule has 5 unspecified atom stereocenters. The number of azide groups is 1. The van der Waals surface area contributed by atoms with E-state index in [9.17, 15) is 37.9 Å². The van der Waals surface area contributed by atoms with Crippen molar-refractivity contribution in [3.63, 3.8) is 0 Å². The zero-order chi connectivity index (χ0) is 42.9. The summed E-state index contributed by atoms with van der Waals surface area (Å²) >= 11 is 0. The van der Waals surface area contributed by atoms with E-state index in [1.54, 1.807) is 18.2 Å². The lowest BCUT2D eigenvalue weighted by Gasteiger charge is -2.20. The van der Waals surface area contributed by atoms with Crippen molar-refractivity contribution in [2.24, 2.45) is 10.8 Å². The molecular weight excluding hydrogens is 843 g/mol. The summed E-state index contributed by atoms with van der Waals surface area (Å²) in [6, 6.07) is 6.30. The molecule has 320 valence electrons. The number of benzene rings is 1. The van der Waals surface area contributed by atoms with Crippen molar-refractivity contribution >= 4 is 41.1 Å². The first-order chi connectivity index (χ1) is 27.3. The number of anilines is 1. The van der Waals surface area contributed by atoms with Gasteiger partial charge in [0.15, 0.2) is 6.23 Å². The number of amides is 2. The van der Waals surface area contributed by atoms with Crippen LogP contribution in [0.1, 0.15) is 28.6 Å². The number of nitrogens with one attached hydrogen (secondary N) is 2. The number of carbonyl (C=O) groups is 2. The predicted molar refractivity (Wildman–Crippen MR) is 195 cm³/mol. The number of carbonyl (C=O) groups excluding carboxylic acids is 2. The molecule has 1 saturated heterocycles. The Morgan fingerprint density at radius 1 is 1.17 bits per heavy atom. The lowest BCUT2D eigenvalue weighted by molar-refractivity contribution is -0.126. The van der Waals surface area contributed by atoms with E-state index < -0.39 is 66.3 Å². The van der Waals surface area contributed by atoms with E-state index in [4.69, 9.17) is 50.5 Å². The van der Waals surface area contributed by atoms with Crippen molar-refractivity contribution in [3.8, 4) is 17.6 Å². The van der Waals surface area contributed by atoms with Gasteiger partial charge in [-0.25, -0.2) is 18.5 Å². The van der Waals surface area contributed by atoms with Gasteiger partial charge in [-0.15, -0.1) is 0 Å². The van der Waals surface area contributed by atoms with E-state index in [2.05, 4.69) is 50.6 Å². The normalized spacial score (nSPS) is 19.0. The highest BCUT2D eigenvalue weighted by atomic mass is 31.3. The van der Waals surface area contributed by atoms with Crippen LogP contribution >= 0.6 is 23.5 Å². The van der Waals surface area contributed by atoms with Crippen molar-refractivity contribution < 1.29 is 79.7 Å². The van der Waals surface area contributed by atoms with E-state index in [0.717, 1.165) is 4.57 Å². The molecule has 1 aliphatic rings. The first-order valence-corrected chi connectivity index (χ1v) is 20.9. The SMILES string of the molecule is COC1CC(n2cc(C#CCNC(=O)COCCOC(COc3cccc(C(=O)NCCN)c3)N=[N+]=[N-])c(N)nc2=O)O[C@H]1COP(=O)(O)OP(=O)(O)OP(=O)(O)O. The Morgan fingerprint density at radius 3 is 2.62 bits per heavy atom. The maximum absolute atomic E-state index is 12.7. The molecule has 10 N–H and O–H groups in total. The Morgan fingerprint density at radius 2 is 1.93 bits per heavy atom. The number of hydrogen-bond acceptors (Lipinski definition) is 18. The molecule has 6 atom stereocenters. The second kappa shape index (κ2) is 22.8. The lowest BCUT2D eigenvalue weighted by atomic mass is 10.2. The van der Waals surface area contributed by atoms with Crippen LogP contribution in [0.5, 0.6) is 5.75 Å². The van der Waals surface area contributed by atoms with Crippen molar-refractivity contribution in [1.82, 2.24) is 20.2 Å². The number of nitrogens with two attached hydrogens (primary N) is 2.